The fourth-order valence-corrected chi connectivity index (χ4v) is 4.10. The smallest absolute Gasteiger partial charge is 0.238 e. The van der Waals surface area contributed by atoms with Gasteiger partial charge in [-0.05, 0) is 38.0 Å². The van der Waals surface area contributed by atoms with Gasteiger partial charge in [-0.1, -0.05) is 6.07 Å². The van der Waals surface area contributed by atoms with E-state index in [4.69, 9.17) is 4.74 Å². The third-order valence-electron chi connectivity index (χ3n) is 4.33. The van der Waals surface area contributed by atoms with Crippen LogP contribution in [0.2, 0.25) is 0 Å². The number of sulfonamides is 1. The third-order valence-corrected chi connectivity index (χ3v) is 5.62. The van der Waals surface area contributed by atoms with E-state index in [-0.39, 0.29) is 12.5 Å². The van der Waals surface area contributed by atoms with Crippen molar-refractivity contribution in [2.45, 2.75) is 32.4 Å². The summed E-state index contributed by atoms with van der Waals surface area (Å²) in [5.41, 5.74) is 1.57. The zero-order valence-corrected chi connectivity index (χ0v) is 16.1. The zero-order valence-electron chi connectivity index (χ0n) is 15.3. The first kappa shape index (κ1) is 19.2. The van der Waals surface area contributed by atoms with Crippen molar-refractivity contribution in [3.05, 3.63) is 47.9 Å². The minimum atomic E-state index is -3.40. The van der Waals surface area contributed by atoms with Gasteiger partial charge in [0.2, 0.25) is 21.8 Å². The van der Waals surface area contributed by atoms with Crippen LogP contribution in [0.4, 0.5) is 0 Å². The summed E-state index contributed by atoms with van der Waals surface area (Å²) in [7, 11) is -3.40. The number of hydrogen-bond donors (Lipinski definition) is 1. The molecule has 144 valence electrons. The van der Waals surface area contributed by atoms with Crippen molar-refractivity contribution in [2.75, 3.05) is 12.8 Å². The minimum Gasteiger partial charge on any atom is -0.437 e. The molecule has 1 saturated heterocycles. The van der Waals surface area contributed by atoms with E-state index in [1.807, 2.05) is 13.0 Å². The van der Waals surface area contributed by atoms with Gasteiger partial charge >= 0.3 is 0 Å². The van der Waals surface area contributed by atoms with Crippen LogP contribution in [-0.2, 0) is 21.4 Å². The number of rotatable bonds is 6. The van der Waals surface area contributed by atoms with Crippen molar-refractivity contribution in [3.8, 4) is 11.6 Å². The maximum absolute atomic E-state index is 12.5. The SMILES string of the molecule is Cc1ccc(Oc2ncccc2CNC(=O)[C@H]2CCCN2S(C)(=O)=O)cn1. The molecule has 0 unspecified atom stereocenters. The van der Waals surface area contributed by atoms with Crippen LogP contribution < -0.4 is 10.1 Å². The molecule has 27 heavy (non-hydrogen) atoms. The lowest BCUT2D eigenvalue weighted by atomic mass is 10.2. The van der Waals surface area contributed by atoms with Gasteiger partial charge in [0.15, 0.2) is 0 Å². The summed E-state index contributed by atoms with van der Waals surface area (Å²) < 4.78 is 30.6. The topological polar surface area (TPSA) is 101 Å². The number of pyridine rings is 2. The van der Waals surface area contributed by atoms with E-state index in [9.17, 15) is 13.2 Å². The lowest BCUT2D eigenvalue weighted by molar-refractivity contribution is -0.124. The van der Waals surface area contributed by atoms with E-state index in [0.717, 1.165) is 11.9 Å². The van der Waals surface area contributed by atoms with Crippen LogP contribution >= 0.6 is 0 Å². The molecule has 0 aromatic carbocycles. The number of nitrogens with one attached hydrogen (secondary N) is 1. The molecule has 1 aliphatic rings. The van der Waals surface area contributed by atoms with Gasteiger partial charge in [-0.25, -0.2) is 13.4 Å². The fraction of sp³-hybridized carbons (Fsp3) is 0.389. The Balaban J connectivity index is 1.68. The Morgan fingerprint density at radius 2 is 2.15 bits per heavy atom. The molecule has 2 aromatic rings. The second kappa shape index (κ2) is 8.01. The first-order chi connectivity index (χ1) is 12.8. The highest BCUT2D eigenvalue weighted by molar-refractivity contribution is 7.88. The van der Waals surface area contributed by atoms with Crippen molar-refractivity contribution < 1.29 is 17.9 Å². The Labute approximate surface area is 158 Å². The summed E-state index contributed by atoms with van der Waals surface area (Å²) in [6.45, 7) is 2.45. The monoisotopic (exact) mass is 390 g/mol. The summed E-state index contributed by atoms with van der Waals surface area (Å²) in [5.74, 6) is 0.602. The van der Waals surface area contributed by atoms with Crippen LogP contribution in [0.3, 0.4) is 0 Å². The average Bonchev–Trinajstić information content (AvgIpc) is 3.13. The molecule has 0 radical (unpaired) electrons. The Morgan fingerprint density at radius 3 is 2.85 bits per heavy atom. The average molecular weight is 390 g/mol. The lowest BCUT2D eigenvalue weighted by Crippen LogP contribution is -2.45. The van der Waals surface area contributed by atoms with E-state index in [1.54, 1.807) is 30.6 Å². The second-order valence-electron chi connectivity index (χ2n) is 6.45. The van der Waals surface area contributed by atoms with Crippen LogP contribution in [0.5, 0.6) is 11.6 Å². The van der Waals surface area contributed by atoms with Gasteiger partial charge in [0, 0.05) is 30.5 Å². The predicted octanol–water partition coefficient (Wildman–Crippen LogP) is 1.62. The lowest BCUT2D eigenvalue weighted by Gasteiger charge is -2.21. The number of amides is 1. The molecule has 1 N–H and O–H groups in total. The Kier molecular flexibility index (Phi) is 5.71. The van der Waals surface area contributed by atoms with Crippen molar-refractivity contribution in [1.82, 2.24) is 19.6 Å². The molecule has 1 amide bonds. The Morgan fingerprint density at radius 1 is 1.33 bits per heavy atom. The van der Waals surface area contributed by atoms with Crippen LogP contribution in [0.25, 0.3) is 0 Å². The third kappa shape index (κ3) is 4.81. The number of aromatic nitrogens is 2. The number of ether oxygens (including phenoxy) is 1. The first-order valence-corrected chi connectivity index (χ1v) is 10.5. The number of nitrogens with zero attached hydrogens (tertiary/aromatic N) is 3. The normalized spacial score (nSPS) is 17.6. The summed E-state index contributed by atoms with van der Waals surface area (Å²) >= 11 is 0. The minimum absolute atomic E-state index is 0.190. The summed E-state index contributed by atoms with van der Waals surface area (Å²) in [6, 6.07) is 6.51. The summed E-state index contributed by atoms with van der Waals surface area (Å²) in [5, 5.41) is 2.80. The van der Waals surface area contributed by atoms with Gasteiger partial charge in [-0.15, -0.1) is 0 Å². The number of aryl methyl sites for hydroxylation is 1. The van der Waals surface area contributed by atoms with E-state index in [0.29, 0.717) is 36.6 Å². The molecule has 1 fully saturated rings. The van der Waals surface area contributed by atoms with Gasteiger partial charge in [-0.2, -0.15) is 4.31 Å². The molecule has 0 saturated carbocycles. The highest BCUT2D eigenvalue weighted by Gasteiger charge is 2.36. The number of carbonyl (C=O) groups excluding carboxylic acids is 1. The standard InChI is InChI=1S/C18H22N4O4S/c1-13-7-8-15(12-20-13)26-18-14(5-3-9-19-18)11-21-17(23)16-6-4-10-22(16)27(2,24)25/h3,5,7-9,12,16H,4,6,10-11H2,1-2H3,(H,21,23)/t16-/m1/s1. The van der Waals surface area contributed by atoms with Crippen LogP contribution in [-0.4, -0.2) is 47.4 Å². The molecule has 9 heteroatoms. The number of hydrogen-bond acceptors (Lipinski definition) is 6. The highest BCUT2D eigenvalue weighted by atomic mass is 32.2. The summed E-state index contributed by atoms with van der Waals surface area (Å²) in [4.78, 5) is 20.9. The molecule has 0 bridgehead atoms. The predicted molar refractivity (Wildman–Crippen MR) is 99.7 cm³/mol. The molecular formula is C18H22N4O4S. The van der Waals surface area contributed by atoms with Crippen molar-refractivity contribution >= 4 is 15.9 Å². The van der Waals surface area contributed by atoms with E-state index < -0.39 is 16.1 Å². The van der Waals surface area contributed by atoms with E-state index in [1.165, 1.54) is 4.31 Å². The molecule has 3 rings (SSSR count). The molecule has 0 spiro atoms. The van der Waals surface area contributed by atoms with Gasteiger partial charge in [0.1, 0.15) is 11.8 Å². The molecular weight excluding hydrogens is 368 g/mol. The van der Waals surface area contributed by atoms with Crippen LogP contribution in [0.1, 0.15) is 24.1 Å². The van der Waals surface area contributed by atoms with E-state index in [2.05, 4.69) is 15.3 Å². The van der Waals surface area contributed by atoms with Gasteiger partial charge in [0.25, 0.3) is 0 Å². The van der Waals surface area contributed by atoms with Crippen molar-refractivity contribution in [1.29, 1.82) is 0 Å². The highest BCUT2D eigenvalue weighted by Crippen LogP contribution is 2.23. The van der Waals surface area contributed by atoms with Crippen LogP contribution in [0.15, 0.2) is 36.7 Å². The number of carbonyl (C=O) groups is 1. The van der Waals surface area contributed by atoms with Crippen molar-refractivity contribution in [2.24, 2.45) is 0 Å². The van der Waals surface area contributed by atoms with Gasteiger partial charge in [0.05, 0.1) is 12.5 Å². The Hall–Kier alpha value is -2.52. The summed E-state index contributed by atoms with van der Waals surface area (Å²) in [6.07, 6.45) is 5.53. The molecule has 0 aliphatic carbocycles. The molecule has 1 aliphatic heterocycles. The molecule has 3 heterocycles. The first-order valence-electron chi connectivity index (χ1n) is 8.63. The zero-order chi connectivity index (χ0) is 19.4. The largest absolute Gasteiger partial charge is 0.437 e. The maximum Gasteiger partial charge on any atom is 0.238 e. The fourth-order valence-electron chi connectivity index (χ4n) is 2.98. The maximum atomic E-state index is 12.5. The molecule has 8 nitrogen and oxygen atoms in total. The van der Waals surface area contributed by atoms with Crippen molar-refractivity contribution in [3.63, 3.8) is 0 Å². The molecule has 2 aromatic heterocycles. The van der Waals surface area contributed by atoms with Gasteiger partial charge in [-0.3, -0.25) is 9.78 Å². The van der Waals surface area contributed by atoms with E-state index >= 15 is 0 Å². The Bertz CT molecular complexity index is 915. The molecule has 1 atom stereocenters. The van der Waals surface area contributed by atoms with Crippen LogP contribution in [0, 0.1) is 6.92 Å². The quantitative estimate of drug-likeness (QED) is 0.804. The van der Waals surface area contributed by atoms with Gasteiger partial charge < -0.3 is 10.1 Å². The second-order valence-corrected chi connectivity index (χ2v) is 8.39.